The van der Waals surface area contributed by atoms with Crippen LogP contribution in [0.4, 0.5) is 0 Å². The fraction of sp³-hybridized carbons (Fsp3) is 0.136. The summed E-state index contributed by atoms with van der Waals surface area (Å²) in [6, 6.07) is 18.8. The molecule has 0 radical (unpaired) electrons. The van der Waals surface area contributed by atoms with Gasteiger partial charge in [0.05, 0.1) is 12.3 Å². The van der Waals surface area contributed by atoms with Crippen LogP contribution >= 0.6 is 0 Å². The monoisotopic (exact) mass is 374 g/mol. The summed E-state index contributed by atoms with van der Waals surface area (Å²) >= 11 is 0. The van der Waals surface area contributed by atoms with Crippen LogP contribution in [-0.4, -0.2) is 22.5 Å². The molecule has 0 atom stereocenters. The molecule has 0 aliphatic heterocycles. The summed E-state index contributed by atoms with van der Waals surface area (Å²) in [5, 5.41) is 0. The molecule has 4 rings (SSSR count). The van der Waals surface area contributed by atoms with Crippen molar-refractivity contribution in [2.75, 3.05) is 6.61 Å². The first kappa shape index (κ1) is 17.7. The first-order valence-electron chi connectivity index (χ1n) is 8.94. The summed E-state index contributed by atoms with van der Waals surface area (Å²) in [4.78, 5) is 21.2. The zero-order valence-electron chi connectivity index (χ0n) is 15.5. The second kappa shape index (κ2) is 7.52. The Bertz CT molecular complexity index is 1100. The van der Waals surface area contributed by atoms with Gasteiger partial charge in [-0.25, -0.2) is 9.78 Å². The van der Waals surface area contributed by atoms with Crippen LogP contribution in [0.5, 0.6) is 0 Å². The molecule has 4 aromatic rings. The number of hydrogen-bond acceptors (Lipinski definition) is 6. The number of oxazole rings is 2. The number of carbonyl (C=O) groups excluding carboxylic acids is 1. The standard InChI is InChI=1S/C22H18N2O4/c1-3-26-22(25)17-19(15-10-6-4-7-11-15)28-21(24-17)18-14(2)23-20(27-18)16-12-8-5-9-13-16/h4-13H,3H2,1-2H3. The predicted octanol–water partition coefficient (Wildman–Crippen LogP) is 5.15. The number of carbonyl (C=O) groups is 1. The number of ether oxygens (including phenoxy) is 1. The zero-order chi connectivity index (χ0) is 19.5. The van der Waals surface area contributed by atoms with E-state index in [1.54, 1.807) is 6.92 Å². The minimum absolute atomic E-state index is 0.111. The van der Waals surface area contributed by atoms with Crippen molar-refractivity contribution in [2.24, 2.45) is 0 Å². The van der Waals surface area contributed by atoms with Gasteiger partial charge in [-0.2, -0.15) is 4.98 Å². The van der Waals surface area contributed by atoms with Crippen LogP contribution < -0.4 is 0 Å². The summed E-state index contributed by atoms with van der Waals surface area (Å²) in [6.45, 7) is 3.80. The molecule has 0 saturated carbocycles. The lowest BCUT2D eigenvalue weighted by atomic mass is 10.1. The van der Waals surface area contributed by atoms with Crippen molar-refractivity contribution >= 4 is 5.97 Å². The molecule has 28 heavy (non-hydrogen) atoms. The topological polar surface area (TPSA) is 78.4 Å². The lowest BCUT2D eigenvalue weighted by Gasteiger charge is -2.00. The maximum atomic E-state index is 12.4. The zero-order valence-corrected chi connectivity index (χ0v) is 15.5. The predicted molar refractivity (Wildman–Crippen MR) is 104 cm³/mol. The van der Waals surface area contributed by atoms with Gasteiger partial charge < -0.3 is 13.6 Å². The molecule has 0 bridgehead atoms. The van der Waals surface area contributed by atoms with E-state index in [1.807, 2.05) is 67.6 Å². The number of rotatable bonds is 5. The van der Waals surface area contributed by atoms with Crippen LogP contribution in [0, 0.1) is 6.92 Å². The van der Waals surface area contributed by atoms with Gasteiger partial charge in [-0.1, -0.05) is 48.5 Å². The molecular formula is C22H18N2O4. The highest BCUT2D eigenvalue weighted by atomic mass is 16.5. The second-order valence-corrected chi connectivity index (χ2v) is 6.08. The van der Waals surface area contributed by atoms with Crippen molar-refractivity contribution < 1.29 is 18.4 Å². The van der Waals surface area contributed by atoms with Gasteiger partial charge in [-0.05, 0) is 26.0 Å². The molecule has 0 aliphatic carbocycles. The van der Waals surface area contributed by atoms with Crippen molar-refractivity contribution in [3.63, 3.8) is 0 Å². The summed E-state index contributed by atoms with van der Waals surface area (Å²) in [5.41, 5.74) is 2.30. The Morgan fingerprint density at radius 3 is 2.11 bits per heavy atom. The molecule has 0 aliphatic rings. The van der Waals surface area contributed by atoms with E-state index in [1.165, 1.54) is 0 Å². The van der Waals surface area contributed by atoms with Crippen LogP contribution in [0.25, 0.3) is 34.4 Å². The average molecular weight is 374 g/mol. The molecule has 0 saturated heterocycles. The maximum Gasteiger partial charge on any atom is 0.361 e. The molecule has 2 heterocycles. The molecular weight excluding hydrogens is 356 g/mol. The van der Waals surface area contributed by atoms with E-state index in [0.29, 0.717) is 23.1 Å². The van der Waals surface area contributed by atoms with E-state index in [4.69, 9.17) is 13.6 Å². The van der Waals surface area contributed by atoms with E-state index in [9.17, 15) is 4.79 Å². The third kappa shape index (κ3) is 3.32. The highest BCUT2D eigenvalue weighted by molar-refractivity contribution is 5.94. The number of aromatic nitrogens is 2. The van der Waals surface area contributed by atoms with E-state index in [-0.39, 0.29) is 18.2 Å². The van der Waals surface area contributed by atoms with Gasteiger partial charge in [0.1, 0.15) is 0 Å². The van der Waals surface area contributed by atoms with Crippen LogP contribution in [0.15, 0.2) is 69.5 Å². The minimum atomic E-state index is -0.545. The van der Waals surface area contributed by atoms with Crippen molar-refractivity contribution in [3.05, 3.63) is 72.1 Å². The largest absolute Gasteiger partial charge is 0.461 e. The van der Waals surface area contributed by atoms with E-state index in [0.717, 1.165) is 11.1 Å². The normalized spacial score (nSPS) is 10.8. The van der Waals surface area contributed by atoms with Crippen molar-refractivity contribution in [2.45, 2.75) is 13.8 Å². The average Bonchev–Trinajstić information content (AvgIpc) is 3.33. The SMILES string of the molecule is CCOC(=O)c1nc(-c2oc(-c3ccccc3)nc2C)oc1-c1ccccc1. The van der Waals surface area contributed by atoms with Gasteiger partial charge in [-0.15, -0.1) is 0 Å². The molecule has 140 valence electrons. The molecule has 2 aromatic carbocycles. The third-order valence-electron chi connectivity index (χ3n) is 4.14. The summed E-state index contributed by atoms with van der Waals surface area (Å²) < 4.78 is 17.0. The van der Waals surface area contributed by atoms with Crippen LogP contribution in [-0.2, 0) is 4.74 Å². The highest BCUT2D eigenvalue weighted by Gasteiger charge is 2.26. The van der Waals surface area contributed by atoms with E-state index in [2.05, 4.69) is 9.97 Å². The second-order valence-electron chi connectivity index (χ2n) is 6.08. The first-order valence-corrected chi connectivity index (χ1v) is 8.94. The summed E-state index contributed by atoms with van der Waals surface area (Å²) in [6.07, 6.45) is 0. The quantitative estimate of drug-likeness (QED) is 0.450. The van der Waals surface area contributed by atoms with E-state index < -0.39 is 5.97 Å². The molecule has 0 unspecified atom stereocenters. The fourth-order valence-corrected chi connectivity index (χ4v) is 2.84. The number of benzene rings is 2. The number of hydrogen-bond donors (Lipinski definition) is 0. The Kier molecular flexibility index (Phi) is 4.76. The number of nitrogens with zero attached hydrogens (tertiary/aromatic N) is 2. The Hall–Kier alpha value is -3.67. The fourth-order valence-electron chi connectivity index (χ4n) is 2.84. The van der Waals surface area contributed by atoms with Crippen LogP contribution in [0.1, 0.15) is 23.1 Å². The molecule has 2 aromatic heterocycles. The molecule has 6 nitrogen and oxygen atoms in total. The van der Waals surface area contributed by atoms with Gasteiger partial charge >= 0.3 is 5.97 Å². The van der Waals surface area contributed by atoms with Gasteiger partial charge in [-0.3, -0.25) is 0 Å². The molecule has 0 N–H and O–H groups in total. The van der Waals surface area contributed by atoms with Gasteiger partial charge in [0, 0.05) is 11.1 Å². The van der Waals surface area contributed by atoms with Gasteiger partial charge in [0.2, 0.25) is 11.7 Å². The van der Waals surface area contributed by atoms with Crippen LogP contribution in [0.2, 0.25) is 0 Å². The number of esters is 1. The Balaban J connectivity index is 1.81. The molecule has 6 heteroatoms. The van der Waals surface area contributed by atoms with Gasteiger partial charge in [0.25, 0.3) is 5.89 Å². The first-order chi connectivity index (χ1) is 13.7. The minimum Gasteiger partial charge on any atom is -0.461 e. The van der Waals surface area contributed by atoms with Crippen molar-refractivity contribution in [1.82, 2.24) is 9.97 Å². The van der Waals surface area contributed by atoms with Crippen molar-refractivity contribution in [1.29, 1.82) is 0 Å². The lowest BCUT2D eigenvalue weighted by Crippen LogP contribution is -2.06. The summed E-state index contributed by atoms with van der Waals surface area (Å²) in [5.74, 6) is 0.828. The van der Waals surface area contributed by atoms with Crippen molar-refractivity contribution in [3.8, 4) is 34.4 Å². The molecule has 0 amide bonds. The highest BCUT2D eigenvalue weighted by Crippen LogP contribution is 2.34. The van der Waals surface area contributed by atoms with Crippen LogP contribution in [0.3, 0.4) is 0 Å². The Labute approximate surface area is 161 Å². The molecule has 0 fully saturated rings. The smallest absolute Gasteiger partial charge is 0.361 e. The maximum absolute atomic E-state index is 12.4. The molecule has 0 spiro atoms. The Morgan fingerprint density at radius 1 is 0.857 bits per heavy atom. The number of aryl methyl sites for hydroxylation is 1. The Morgan fingerprint density at radius 2 is 1.46 bits per heavy atom. The lowest BCUT2D eigenvalue weighted by molar-refractivity contribution is 0.0520. The van der Waals surface area contributed by atoms with E-state index >= 15 is 0 Å². The van der Waals surface area contributed by atoms with Gasteiger partial charge in [0.15, 0.2) is 11.5 Å². The third-order valence-corrected chi connectivity index (χ3v) is 4.14. The summed E-state index contributed by atoms with van der Waals surface area (Å²) in [7, 11) is 0.